The molecule has 0 aliphatic heterocycles. The standard InChI is InChI=1S/C18H20N4O/c1-2-7-18(23-14-17-6-3-4-9-20-17)16(5-1)13-19-10-8-15-11-21-22-12-15/h1-7,9,11-12,19H,8,10,13-14H2,(H,21,22). The lowest BCUT2D eigenvalue weighted by Crippen LogP contribution is -2.17. The maximum atomic E-state index is 5.91. The van der Waals surface area contributed by atoms with Gasteiger partial charge < -0.3 is 10.1 Å². The van der Waals surface area contributed by atoms with Gasteiger partial charge in [-0.1, -0.05) is 24.3 Å². The fourth-order valence-electron chi connectivity index (χ4n) is 2.30. The monoisotopic (exact) mass is 308 g/mol. The van der Waals surface area contributed by atoms with Gasteiger partial charge in [0.25, 0.3) is 0 Å². The number of ether oxygens (including phenoxy) is 1. The first-order valence-corrected chi connectivity index (χ1v) is 7.71. The van der Waals surface area contributed by atoms with E-state index in [4.69, 9.17) is 4.74 Å². The molecule has 0 amide bonds. The van der Waals surface area contributed by atoms with E-state index in [1.807, 2.05) is 48.8 Å². The van der Waals surface area contributed by atoms with Crippen LogP contribution in [-0.4, -0.2) is 21.7 Å². The topological polar surface area (TPSA) is 62.8 Å². The van der Waals surface area contributed by atoms with E-state index < -0.39 is 0 Å². The predicted molar refractivity (Wildman–Crippen MR) is 89.0 cm³/mol. The quantitative estimate of drug-likeness (QED) is 0.628. The number of aromatic nitrogens is 3. The van der Waals surface area contributed by atoms with Gasteiger partial charge in [0.15, 0.2) is 0 Å². The fraction of sp³-hybridized carbons (Fsp3) is 0.222. The molecule has 23 heavy (non-hydrogen) atoms. The van der Waals surface area contributed by atoms with E-state index >= 15 is 0 Å². The summed E-state index contributed by atoms with van der Waals surface area (Å²) < 4.78 is 5.91. The van der Waals surface area contributed by atoms with Gasteiger partial charge in [0, 0.05) is 24.5 Å². The normalized spacial score (nSPS) is 10.6. The molecular formula is C18H20N4O. The Bertz CT molecular complexity index is 698. The van der Waals surface area contributed by atoms with Gasteiger partial charge in [0.1, 0.15) is 12.4 Å². The van der Waals surface area contributed by atoms with Crippen LogP contribution in [0.4, 0.5) is 0 Å². The summed E-state index contributed by atoms with van der Waals surface area (Å²) in [5.41, 5.74) is 3.28. The summed E-state index contributed by atoms with van der Waals surface area (Å²) in [6, 6.07) is 13.9. The number of para-hydroxylation sites is 1. The van der Waals surface area contributed by atoms with Crippen LogP contribution < -0.4 is 10.1 Å². The van der Waals surface area contributed by atoms with Gasteiger partial charge in [-0.05, 0) is 36.7 Å². The van der Waals surface area contributed by atoms with Crippen molar-refractivity contribution >= 4 is 0 Å². The molecule has 3 aromatic rings. The summed E-state index contributed by atoms with van der Waals surface area (Å²) in [5.74, 6) is 0.897. The van der Waals surface area contributed by atoms with Crippen LogP contribution in [0.3, 0.4) is 0 Å². The number of pyridine rings is 1. The molecule has 0 radical (unpaired) electrons. The smallest absolute Gasteiger partial charge is 0.130 e. The Morgan fingerprint density at radius 1 is 1.09 bits per heavy atom. The van der Waals surface area contributed by atoms with Crippen molar-refractivity contribution in [2.45, 2.75) is 19.6 Å². The third kappa shape index (κ3) is 4.66. The molecule has 0 bridgehead atoms. The Hall–Kier alpha value is -2.66. The van der Waals surface area contributed by atoms with Crippen LogP contribution in [-0.2, 0) is 19.6 Å². The van der Waals surface area contributed by atoms with E-state index in [1.54, 1.807) is 6.20 Å². The average Bonchev–Trinajstić information content (AvgIpc) is 3.12. The van der Waals surface area contributed by atoms with Crippen molar-refractivity contribution in [1.29, 1.82) is 0 Å². The minimum absolute atomic E-state index is 0.479. The molecule has 0 saturated heterocycles. The average molecular weight is 308 g/mol. The van der Waals surface area contributed by atoms with E-state index in [-0.39, 0.29) is 0 Å². The Morgan fingerprint density at radius 3 is 2.83 bits per heavy atom. The minimum Gasteiger partial charge on any atom is -0.487 e. The molecular weight excluding hydrogens is 288 g/mol. The van der Waals surface area contributed by atoms with E-state index in [0.717, 1.165) is 36.5 Å². The summed E-state index contributed by atoms with van der Waals surface area (Å²) in [7, 11) is 0. The molecule has 0 atom stereocenters. The molecule has 118 valence electrons. The summed E-state index contributed by atoms with van der Waals surface area (Å²) in [4.78, 5) is 4.28. The Balaban J connectivity index is 1.51. The van der Waals surface area contributed by atoms with E-state index in [9.17, 15) is 0 Å². The van der Waals surface area contributed by atoms with Crippen molar-refractivity contribution < 1.29 is 4.74 Å². The van der Waals surface area contributed by atoms with Gasteiger partial charge in [0.2, 0.25) is 0 Å². The Morgan fingerprint density at radius 2 is 2.00 bits per heavy atom. The highest BCUT2D eigenvalue weighted by Gasteiger charge is 2.04. The number of hydrogen-bond donors (Lipinski definition) is 2. The summed E-state index contributed by atoms with van der Waals surface area (Å²) in [5, 5.41) is 10.2. The zero-order valence-corrected chi connectivity index (χ0v) is 12.9. The lowest BCUT2D eigenvalue weighted by molar-refractivity contribution is 0.297. The van der Waals surface area contributed by atoms with Crippen molar-refractivity contribution in [2.75, 3.05) is 6.54 Å². The molecule has 5 nitrogen and oxygen atoms in total. The van der Waals surface area contributed by atoms with Crippen molar-refractivity contribution in [1.82, 2.24) is 20.5 Å². The molecule has 2 aromatic heterocycles. The molecule has 1 aromatic carbocycles. The number of hydrogen-bond acceptors (Lipinski definition) is 4. The maximum absolute atomic E-state index is 5.91. The van der Waals surface area contributed by atoms with Crippen LogP contribution in [0.5, 0.6) is 5.75 Å². The predicted octanol–water partition coefficient (Wildman–Crippen LogP) is 2.72. The summed E-state index contributed by atoms with van der Waals surface area (Å²) in [6.45, 7) is 2.15. The van der Waals surface area contributed by atoms with Crippen LogP contribution in [0.15, 0.2) is 61.1 Å². The summed E-state index contributed by atoms with van der Waals surface area (Å²) >= 11 is 0. The third-order valence-electron chi connectivity index (χ3n) is 3.54. The van der Waals surface area contributed by atoms with Crippen molar-refractivity contribution in [3.63, 3.8) is 0 Å². The van der Waals surface area contributed by atoms with Crippen LogP contribution in [0.1, 0.15) is 16.8 Å². The molecule has 0 aliphatic carbocycles. The molecule has 2 N–H and O–H groups in total. The maximum Gasteiger partial charge on any atom is 0.130 e. The van der Waals surface area contributed by atoms with Gasteiger partial charge >= 0.3 is 0 Å². The number of benzene rings is 1. The first kappa shape index (κ1) is 15.2. The van der Waals surface area contributed by atoms with E-state index in [1.165, 1.54) is 5.56 Å². The van der Waals surface area contributed by atoms with Gasteiger partial charge in [0.05, 0.1) is 11.9 Å². The second-order valence-corrected chi connectivity index (χ2v) is 5.25. The highest BCUT2D eigenvalue weighted by Crippen LogP contribution is 2.18. The molecule has 5 heteroatoms. The molecule has 0 fully saturated rings. The Labute approximate surface area is 135 Å². The number of nitrogens with zero attached hydrogens (tertiary/aromatic N) is 2. The largest absolute Gasteiger partial charge is 0.487 e. The first-order valence-electron chi connectivity index (χ1n) is 7.71. The van der Waals surface area contributed by atoms with Crippen LogP contribution in [0.2, 0.25) is 0 Å². The van der Waals surface area contributed by atoms with Gasteiger partial charge in [-0.3, -0.25) is 10.1 Å². The second-order valence-electron chi connectivity index (χ2n) is 5.25. The highest BCUT2D eigenvalue weighted by atomic mass is 16.5. The zero-order chi connectivity index (χ0) is 15.7. The second kappa shape index (κ2) is 8.10. The van der Waals surface area contributed by atoms with E-state index in [2.05, 4.69) is 26.6 Å². The van der Waals surface area contributed by atoms with Gasteiger partial charge in [-0.2, -0.15) is 5.10 Å². The lowest BCUT2D eigenvalue weighted by atomic mass is 10.2. The summed E-state index contributed by atoms with van der Waals surface area (Å²) in [6.07, 6.45) is 6.51. The molecule has 0 spiro atoms. The van der Waals surface area contributed by atoms with Crippen LogP contribution >= 0.6 is 0 Å². The van der Waals surface area contributed by atoms with Crippen LogP contribution in [0, 0.1) is 0 Å². The molecule has 0 aliphatic rings. The SMILES string of the molecule is c1ccc(COc2ccccc2CNCCc2cn[nH]c2)nc1. The molecule has 0 saturated carbocycles. The van der Waals surface area contributed by atoms with Crippen molar-refractivity contribution in [3.8, 4) is 5.75 Å². The molecule has 0 unspecified atom stereocenters. The lowest BCUT2D eigenvalue weighted by Gasteiger charge is -2.12. The first-order chi connectivity index (χ1) is 11.4. The van der Waals surface area contributed by atoms with Gasteiger partial charge in [-0.25, -0.2) is 0 Å². The Kier molecular flexibility index (Phi) is 5.37. The molecule has 3 rings (SSSR count). The van der Waals surface area contributed by atoms with Crippen molar-refractivity contribution in [2.24, 2.45) is 0 Å². The number of aromatic amines is 1. The fourth-order valence-corrected chi connectivity index (χ4v) is 2.30. The third-order valence-corrected chi connectivity index (χ3v) is 3.54. The zero-order valence-electron chi connectivity index (χ0n) is 12.9. The molecule has 2 heterocycles. The van der Waals surface area contributed by atoms with Crippen molar-refractivity contribution in [3.05, 3.63) is 77.9 Å². The number of nitrogens with one attached hydrogen (secondary N) is 2. The minimum atomic E-state index is 0.479. The van der Waals surface area contributed by atoms with E-state index in [0.29, 0.717) is 6.61 Å². The number of H-pyrrole nitrogens is 1. The van der Waals surface area contributed by atoms with Crippen LogP contribution in [0.25, 0.3) is 0 Å². The highest BCUT2D eigenvalue weighted by molar-refractivity contribution is 5.33. The van der Waals surface area contributed by atoms with Gasteiger partial charge in [-0.15, -0.1) is 0 Å². The number of rotatable bonds is 8.